The molecule has 0 aromatic heterocycles. The van der Waals surface area contributed by atoms with E-state index in [1.165, 1.54) is 12.1 Å². The molecule has 1 amide bonds. The van der Waals surface area contributed by atoms with Gasteiger partial charge in [0.15, 0.2) is 4.90 Å². The molecule has 3 atom stereocenters. The van der Waals surface area contributed by atoms with Crippen molar-refractivity contribution >= 4 is 31.6 Å². The van der Waals surface area contributed by atoms with Gasteiger partial charge in [-0.25, -0.2) is 21.1 Å². The molecule has 2 saturated heterocycles. The fourth-order valence-corrected chi connectivity index (χ4v) is 7.26. The van der Waals surface area contributed by atoms with Gasteiger partial charge in [-0.3, -0.25) is 14.9 Å². The highest BCUT2D eigenvalue weighted by atomic mass is 32.2. The number of nitro benzene ring substituents is 1. The minimum atomic E-state index is -4.29. The van der Waals surface area contributed by atoms with E-state index in [4.69, 9.17) is 0 Å². The lowest BCUT2D eigenvalue weighted by Gasteiger charge is -2.26. The van der Waals surface area contributed by atoms with Crippen LogP contribution in [0.2, 0.25) is 0 Å². The van der Waals surface area contributed by atoms with Crippen molar-refractivity contribution in [2.45, 2.75) is 43.2 Å². The van der Waals surface area contributed by atoms with Gasteiger partial charge < -0.3 is 0 Å². The van der Waals surface area contributed by atoms with Crippen molar-refractivity contribution in [3.63, 3.8) is 0 Å². The highest BCUT2D eigenvalue weighted by Crippen LogP contribution is 2.43. The highest BCUT2D eigenvalue weighted by Gasteiger charge is 2.59. The molecule has 1 aromatic carbocycles. The van der Waals surface area contributed by atoms with E-state index in [0.29, 0.717) is 12.8 Å². The number of carbonyl (C=O) groups excluding carboxylic acids is 1. The molecule has 1 aromatic rings. The Balaban J connectivity index is 2.10. The molecule has 2 aliphatic rings. The number of hydrogen-bond donors (Lipinski definition) is 0. The first kappa shape index (κ1) is 20.7. The van der Waals surface area contributed by atoms with E-state index in [1.807, 2.05) is 6.92 Å². The lowest BCUT2D eigenvalue weighted by molar-refractivity contribution is -0.387. The van der Waals surface area contributed by atoms with Gasteiger partial charge in [0, 0.05) is 12.6 Å². The van der Waals surface area contributed by atoms with Crippen molar-refractivity contribution in [1.29, 1.82) is 0 Å². The lowest BCUT2D eigenvalue weighted by Crippen LogP contribution is -2.43. The third kappa shape index (κ3) is 3.18. The largest absolute Gasteiger partial charge is 0.289 e. The van der Waals surface area contributed by atoms with Gasteiger partial charge in [0.2, 0.25) is 26.0 Å². The summed E-state index contributed by atoms with van der Waals surface area (Å²) < 4.78 is 52.7. The topological polar surface area (TPSA) is 135 Å². The van der Waals surface area contributed by atoms with Crippen LogP contribution in [0.15, 0.2) is 29.2 Å². The van der Waals surface area contributed by atoms with Crippen LogP contribution in [0.25, 0.3) is 0 Å². The van der Waals surface area contributed by atoms with Crippen LogP contribution in [-0.2, 0) is 24.8 Å². The zero-order valence-corrected chi connectivity index (χ0v) is 17.0. The van der Waals surface area contributed by atoms with Crippen molar-refractivity contribution in [2.24, 2.45) is 5.92 Å². The van der Waals surface area contributed by atoms with Crippen LogP contribution in [0, 0.1) is 16.0 Å². The van der Waals surface area contributed by atoms with Gasteiger partial charge in [-0.05, 0) is 18.9 Å². The number of para-hydroxylation sites is 1. The Kier molecular flexibility index (Phi) is 5.23. The summed E-state index contributed by atoms with van der Waals surface area (Å²) in [7, 11) is -8.15. The molecule has 0 saturated carbocycles. The summed E-state index contributed by atoms with van der Waals surface area (Å²) in [6.07, 6.45) is 1.98. The highest BCUT2D eigenvalue weighted by molar-refractivity contribution is 7.89. The molecule has 154 valence electrons. The van der Waals surface area contributed by atoms with E-state index in [-0.39, 0.29) is 13.0 Å². The third-order valence-electron chi connectivity index (χ3n) is 5.23. The van der Waals surface area contributed by atoms with E-state index in [0.717, 1.165) is 27.0 Å². The standard InChI is InChI=1S/C16H21N3O7S2/c1-3-6-11-15-13(18(16(11)20)27(2,23)24)9-10-17(15)28(25,26)14-8-5-4-7-12(14)19(21)22/h4-5,7-8,11,13,15H,3,6,9-10H2,1-2H3/t11-,13+,15-/m1/s1. The number of sulfonamides is 2. The molecule has 0 N–H and O–H groups in total. The fourth-order valence-electron chi connectivity index (χ4n) is 4.22. The van der Waals surface area contributed by atoms with Gasteiger partial charge in [0.1, 0.15) is 0 Å². The molecule has 0 bridgehead atoms. The summed E-state index contributed by atoms with van der Waals surface area (Å²) in [4.78, 5) is 22.8. The van der Waals surface area contributed by atoms with Crippen LogP contribution in [0.1, 0.15) is 26.2 Å². The Bertz CT molecular complexity index is 1020. The average molecular weight is 431 g/mol. The second-order valence-corrected chi connectivity index (χ2v) is 10.7. The number of rotatable bonds is 6. The van der Waals surface area contributed by atoms with Crippen LogP contribution < -0.4 is 0 Å². The molecular weight excluding hydrogens is 410 g/mol. The minimum Gasteiger partial charge on any atom is -0.273 e. The number of benzene rings is 1. The number of hydrogen-bond acceptors (Lipinski definition) is 7. The minimum absolute atomic E-state index is 0.0107. The Morgan fingerprint density at radius 1 is 1.21 bits per heavy atom. The van der Waals surface area contributed by atoms with Crippen LogP contribution >= 0.6 is 0 Å². The first-order valence-electron chi connectivity index (χ1n) is 8.80. The summed E-state index contributed by atoms with van der Waals surface area (Å²) in [5, 5.41) is 11.3. The van der Waals surface area contributed by atoms with Crippen molar-refractivity contribution < 1.29 is 26.6 Å². The molecular formula is C16H21N3O7S2. The van der Waals surface area contributed by atoms with E-state index in [1.54, 1.807) is 0 Å². The average Bonchev–Trinajstić information content (AvgIpc) is 3.13. The van der Waals surface area contributed by atoms with Crippen molar-refractivity contribution in [2.75, 3.05) is 12.8 Å². The Morgan fingerprint density at radius 2 is 1.86 bits per heavy atom. The second kappa shape index (κ2) is 7.08. The molecule has 2 heterocycles. The van der Waals surface area contributed by atoms with Gasteiger partial charge in [-0.15, -0.1) is 0 Å². The monoisotopic (exact) mass is 431 g/mol. The first-order chi connectivity index (χ1) is 13.0. The Hall–Kier alpha value is -2.05. The molecule has 0 aliphatic carbocycles. The molecule has 0 unspecified atom stereocenters. The van der Waals surface area contributed by atoms with Crippen LogP contribution in [-0.4, -0.2) is 61.2 Å². The first-order valence-corrected chi connectivity index (χ1v) is 12.1. The van der Waals surface area contributed by atoms with E-state index in [9.17, 15) is 31.7 Å². The van der Waals surface area contributed by atoms with E-state index >= 15 is 0 Å². The maximum Gasteiger partial charge on any atom is 0.289 e. The van der Waals surface area contributed by atoms with Gasteiger partial charge >= 0.3 is 0 Å². The normalized spacial score (nSPS) is 25.9. The third-order valence-corrected chi connectivity index (χ3v) is 8.34. The van der Waals surface area contributed by atoms with E-state index < -0.39 is 59.5 Å². The van der Waals surface area contributed by atoms with Crippen molar-refractivity contribution in [3.8, 4) is 0 Å². The Labute approximate surface area is 163 Å². The van der Waals surface area contributed by atoms with Gasteiger partial charge in [-0.1, -0.05) is 25.5 Å². The van der Waals surface area contributed by atoms with Gasteiger partial charge in [0.05, 0.1) is 29.2 Å². The predicted octanol–water partition coefficient (Wildman–Crippen LogP) is 0.945. The number of carbonyl (C=O) groups is 1. The summed E-state index contributed by atoms with van der Waals surface area (Å²) in [6.45, 7) is 1.81. The van der Waals surface area contributed by atoms with Crippen LogP contribution in [0.4, 0.5) is 5.69 Å². The molecule has 2 aliphatic heterocycles. The molecule has 28 heavy (non-hydrogen) atoms. The molecule has 12 heteroatoms. The van der Waals surface area contributed by atoms with Gasteiger partial charge in [0.25, 0.3) is 5.69 Å². The number of nitro groups is 1. The number of fused-ring (bicyclic) bond motifs is 1. The molecule has 0 spiro atoms. The smallest absolute Gasteiger partial charge is 0.273 e. The summed E-state index contributed by atoms with van der Waals surface area (Å²) >= 11 is 0. The van der Waals surface area contributed by atoms with Crippen LogP contribution in [0.5, 0.6) is 0 Å². The summed E-state index contributed by atoms with van der Waals surface area (Å²) in [6, 6.07) is 3.35. The molecule has 10 nitrogen and oxygen atoms in total. The maximum absolute atomic E-state index is 13.3. The molecule has 3 rings (SSSR count). The van der Waals surface area contributed by atoms with E-state index in [2.05, 4.69) is 0 Å². The summed E-state index contributed by atoms with van der Waals surface area (Å²) in [5.41, 5.74) is -0.553. The van der Waals surface area contributed by atoms with Crippen LogP contribution in [0.3, 0.4) is 0 Å². The zero-order chi connectivity index (χ0) is 20.9. The summed E-state index contributed by atoms with van der Waals surface area (Å²) in [5.74, 6) is -1.41. The number of nitrogens with zero attached hydrogens (tertiary/aromatic N) is 3. The Morgan fingerprint density at radius 3 is 2.43 bits per heavy atom. The SMILES string of the molecule is CCC[C@H]1C(=O)N(S(C)(=O)=O)[C@H]2CCN(S(=O)(=O)c3ccccc3[N+](=O)[O-])[C@H]12. The van der Waals surface area contributed by atoms with Gasteiger partial charge in [-0.2, -0.15) is 4.31 Å². The predicted molar refractivity (Wildman–Crippen MR) is 99.3 cm³/mol. The maximum atomic E-state index is 13.3. The fraction of sp³-hybridized carbons (Fsp3) is 0.562. The lowest BCUT2D eigenvalue weighted by atomic mass is 9.95. The molecule has 2 fully saturated rings. The zero-order valence-electron chi connectivity index (χ0n) is 15.4. The van der Waals surface area contributed by atoms with Crippen molar-refractivity contribution in [1.82, 2.24) is 8.61 Å². The number of amides is 1. The van der Waals surface area contributed by atoms with Crippen molar-refractivity contribution in [3.05, 3.63) is 34.4 Å². The second-order valence-electron chi connectivity index (χ2n) is 6.98. The molecule has 0 radical (unpaired) electrons. The quantitative estimate of drug-likeness (QED) is 0.483.